The molecule has 133 valence electrons. The third-order valence-electron chi connectivity index (χ3n) is 4.17. The molecule has 0 aliphatic heterocycles. The van der Waals surface area contributed by atoms with E-state index < -0.39 is 41.3 Å². The molecule has 0 aromatic heterocycles. The Balaban J connectivity index is 2.88. The maximum absolute atomic E-state index is 14.4. The maximum Gasteiger partial charge on any atom is 0.200 e. The molecule has 0 unspecified atom stereocenters. The van der Waals surface area contributed by atoms with Crippen molar-refractivity contribution < 1.29 is 22.0 Å². The summed E-state index contributed by atoms with van der Waals surface area (Å²) in [7, 11) is 3.47. The average molecular weight is 353 g/mol. The highest BCUT2D eigenvalue weighted by molar-refractivity contribution is 6.91. The molecule has 7 heteroatoms. The summed E-state index contributed by atoms with van der Waals surface area (Å²) in [5.74, 6) is -9.65. The minimum atomic E-state index is -2.16. The minimum Gasteiger partial charge on any atom is -0.380 e. The van der Waals surface area contributed by atoms with E-state index in [9.17, 15) is 22.0 Å². The van der Waals surface area contributed by atoms with Crippen LogP contribution in [0.25, 0.3) is 0 Å². The highest BCUT2D eigenvalue weighted by Gasteiger charge is 2.26. The Hall–Kier alpha value is -2.31. The molecule has 0 amide bonds. The average Bonchev–Trinajstić information content (AvgIpc) is 2.61. The van der Waals surface area contributed by atoms with Gasteiger partial charge in [0, 0.05) is 14.1 Å². The first-order valence-electron chi connectivity index (χ1n) is 7.62. The third kappa shape index (κ3) is 3.27. The van der Waals surface area contributed by atoms with Crippen molar-refractivity contribution in [1.82, 2.24) is 0 Å². The van der Waals surface area contributed by atoms with E-state index in [-0.39, 0.29) is 0 Å². The summed E-state index contributed by atoms with van der Waals surface area (Å²) in [4.78, 5) is 1.72. The Bertz CT molecular complexity index is 803. The topological polar surface area (TPSA) is 3.24 Å². The van der Waals surface area contributed by atoms with Gasteiger partial charge in [0.05, 0.1) is 0 Å². The van der Waals surface area contributed by atoms with E-state index in [2.05, 4.69) is 0 Å². The highest BCUT2D eigenvalue weighted by atomic mass is 19.2. The van der Waals surface area contributed by atoms with Gasteiger partial charge in [-0.05, 0) is 18.5 Å². The van der Waals surface area contributed by atoms with Crippen molar-refractivity contribution in [2.45, 2.75) is 13.8 Å². The monoisotopic (exact) mass is 353 g/mol. The van der Waals surface area contributed by atoms with Crippen LogP contribution in [0.15, 0.2) is 35.8 Å². The fourth-order valence-corrected chi connectivity index (χ4v) is 2.81. The van der Waals surface area contributed by atoms with Crippen LogP contribution in [0.2, 0.25) is 0 Å². The van der Waals surface area contributed by atoms with Crippen LogP contribution in [-0.2, 0) is 0 Å². The summed E-state index contributed by atoms with van der Waals surface area (Å²) in [6.45, 7) is 2.13. The van der Waals surface area contributed by atoms with E-state index in [1.807, 2.05) is 0 Å². The van der Waals surface area contributed by atoms with Gasteiger partial charge in [-0.3, -0.25) is 5.47 Å². The van der Waals surface area contributed by atoms with Crippen molar-refractivity contribution in [3.63, 3.8) is 0 Å². The second kappa shape index (κ2) is 7.29. The van der Waals surface area contributed by atoms with Crippen molar-refractivity contribution in [2.75, 3.05) is 19.0 Å². The Kier molecular flexibility index (Phi) is 5.55. The number of nitrogens with zero attached hydrogens (tertiary/aromatic N) is 1. The Morgan fingerprint density at radius 2 is 1.36 bits per heavy atom. The molecule has 0 bridgehead atoms. The van der Waals surface area contributed by atoms with Crippen LogP contribution < -0.4 is 15.8 Å². The normalized spacial score (nSPS) is 12.0. The number of halogens is 5. The molecule has 0 atom stereocenters. The van der Waals surface area contributed by atoms with Gasteiger partial charge in [0.1, 0.15) is 11.6 Å². The van der Waals surface area contributed by atoms with E-state index in [1.165, 1.54) is 0 Å². The Morgan fingerprint density at radius 3 is 1.84 bits per heavy atom. The number of rotatable bonds is 4. The summed E-state index contributed by atoms with van der Waals surface area (Å²) in [5.41, 5.74) is 0.697. The molecule has 2 rings (SSSR count). The van der Waals surface area contributed by atoms with E-state index in [0.29, 0.717) is 16.6 Å². The lowest BCUT2D eigenvalue weighted by Crippen LogP contribution is -2.49. The molecule has 0 saturated carbocycles. The van der Waals surface area contributed by atoms with Crippen LogP contribution >= 0.6 is 0 Å². The molecular weight excluding hydrogens is 336 g/mol. The van der Waals surface area contributed by atoms with Crippen LogP contribution in [0.1, 0.15) is 13.8 Å². The number of hydrogen-bond donors (Lipinski definition) is 0. The first-order valence-corrected chi connectivity index (χ1v) is 7.62. The minimum absolute atomic E-state index is 0.450. The second-order valence-corrected chi connectivity index (χ2v) is 5.90. The lowest BCUT2D eigenvalue weighted by molar-refractivity contribution is 0.384. The molecule has 2 aromatic carbocycles. The predicted molar refractivity (Wildman–Crippen MR) is 91.5 cm³/mol. The second-order valence-electron chi connectivity index (χ2n) is 5.90. The number of para-hydroxylation sites is 1. The summed E-state index contributed by atoms with van der Waals surface area (Å²) >= 11 is 0. The van der Waals surface area contributed by atoms with Crippen molar-refractivity contribution in [1.29, 1.82) is 0 Å². The van der Waals surface area contributed by atoms with Gasteiger partial charge in [0.15, 0.2) is 17.5 Å². The van der Waals surface area contributed by atoms with Crippen molar-refractivity contribution >= 4 is 23.3 Å². The standard InChI is InChI=1S/C18H17BF5N/c1-5-10(2)19(11-8-6-7-9-12(11)25(3)4)13-14(20)16(22)18(24)17(23)15(13)21/h5-9H,1-4H3/q-1/b10-5+. The van der Waals surface area contributed by atoms with E-state index >= 15 is 0 Å². The first kappa shape index (κ1) is 19.0. The molecule has 0 aliphatic rings. The molecule has 1 radical (unpaired) electrons. The molecule has 0 heterocycles. The molecule has 0 fully saturated rings. The lowest BCUT2D eigenvalue weighted by Gasteiger charge is -2.35. The summed E-state index contributed by atoms with van der Waals surface area (Å²) < 4.78 is 69.6. The van der Waals surface area contributed by atoms with Gasteiger partial charge in [0.25, 0.3) is 0 Å². The summed E-state index contributed by atoms with van der Waals surface area (Å²) in [6, 6.07) is 6.73. The van der Waals surface area contributed by atoms with Gasteiger partial charge >= 0.3 is 0 Å². The first-order chi connectivity index (χ1) is 11.7. The van der Waals surface area contributed by atoms with Gasteiger partial charge in [-0.15, -0.1) is 6.08 Å². The highest BCUT2D eigenvalue weighted by Crippen LogP contribution is 2.20. The molecular formula is C18H17BF5N-. The van der Waals surface area contributed by atoms with Gasteiger partial charge in [0.2, 0.25) is 0 Å². The fourth-order valence-electron chi connectivity index (χ4n) is 2.81. The zero-order valence-corrected chi connectivity index (χ0v) is 14.3. The van der Waals surface area contributed by atoms with Crippen LogP contribution in [0.4, 0.5) is 27.6 Å². The Labute approximate surface area is 143 Å². The van der Waals surface area contributed by atoms with Crippen LogP contribution in [0, 0.1) is 29.1 Å². The third-order valence-corrected chi connectivity index (χ3v) is 4.17. The quantitative estimate of drug-likeness (QED) is 0.352. The number of anilines is 1. The van der Waals surface area contributed by atoms with E-state index in [0.717, 1.165) is 0 Å². The van der Waals surface area contributed by atoms with Crippen molar-refractivity contribution in [3.05, 3.63) is 64.9 Å². The largest absolute Gasteiger partial charge is 0.380 e. The molecule has 0 spiro atoms. The zero-order chi connectivity index (χ0) is 18.9. The van der Waals surface area contributed by atoms with Crippen LogP contribution in [-0.4, -0.2) is 20.8 Å². The lowest BCUT2D eigenvalue weighted by atomic mass is 9.36. The van der Waals surface area contributed by atoms with Crippen molar-refractivity contribution in [2.24, 2.45) is 0 Å². The number of benzene rings is 2. The number of hydrogen-bond acceptors (Lipinski definition) is 1. The van der Waals surface area contributed by atoms with Crippen LogP contribution in [0.3, 0.4) is 0 Å². The Morgan fingerprint density at radius 1 is 0.880 bits per heavy atom. The van der Waals surface area contributed by atoms with Gasteiger partial charge in [-0.1, -0.05) is 32.0 Å². The molecule has 0 aliphatic carbocycles. The van der Waals surface area contributed by atoms with Gasteiger partial charge in [-0.2, -0.15) is 5.46 Å². The molecule has 0 N–H and O–H groups in total. The molecule has 0 saturated heterocycles. The summed E-state index contributed by atoms with van der Waals surface area (Å²) in [5, 5.41) is 0. The molecule has 2 aromatic rings. The van der Waals surface area contributed by atoms with Gasteiger partial charge < -0.3 is 4.90 Å². The molecule has 25 heavy (non-hydrogen) atoms. The summed E-state index contributed by atoms with van der Waals surface area (Å²) in [6.07, 6.45) is 1.59. The van der Waals surface area contributed by atoms with E-state index in [1.54, 1.807) is 63.2 Å². The van der Waals surface area contributed by atoms with Crippen molar-refractivity contribution in [3.8, 4) is 0 Å². The SMILES string of the molecule is C/C=C(\C)[B-](c1ccccc1N(C)C)c1c(F)c(F)c(F)c(F)c1F. The van der Waals surface area contributed by atoms with Gasteiger partial charge in [-0.25, -0.2) is 27.4 Å². The smallest absolute Gasteiger partial charge is 0.200 e. The molecule has 1 nitrogen and oxygen atoms in total. The number of allylic oxidation sites excluding steroid dienone is 2. The fraction of sp³-hybridized carbons (Fsp3) is 0.222. The van der Waals surface area contributed by atoms with E-state index in [4.69, 9.17) is 0 Å². The predicted octanol–water partition coefficient (Wildman–Crippen LogP) is 3.56. The zero-order valence-electron chi connectivity index (χ0n) is 14.3. The van der Waals surface area contributed by atoms with Crippen LogP contribution in [0.5, 0.6) is 0 Å². The maximum atomic E-state index is 14.4.